The number of aromatic nitrogens is 2. The van der Waals surface area contributed by atoms with Gasteiger partial charge in [0.2, 0.25) is 0 Å². The molecule has 0 amide bonds. The lowest BCUT2D eigenvalue weighted by molar-refractivity contribution is -0.0891. The van der Waals surface area contributed by atoms with Crippen molar-refractivity contribution in [1.82, 2.24) is 9.97 Å². The predicted molar refractivity (Wildman–Crippen MR) is 81.6 cm³/mol. The van der Waals surface area contributed by atoms with E-state index in [4.69, 9.17) is 17.3 Å². The Balaban J connectivity index is 1.84. The van der Waals surface area contributed by atoms with E-state index in [0.29, 0.717) is 23.3 Å². The van der Waals surface area contributed by atoms with Crippen molar-refractivity contribution < 1.29 is 5.11 Å². The summed E-state index contributed by atoms with van der Waals surface area (Å²) in [5.74, 6) is 1.59. The zero-order valence-electron chi connectivity index (χ0n) is 12.2. The smallest absolute Gasteiger partial charge is 0.157 e. The van der Waals surface area contributed by atoms with Gasteiger partial charge in [0.05, 0.1) is 6.10 Å². The molecule has 1 heterocycles. The van der Waals surface area contributed by atoms with Gasteiger partial charge in [0.15, 0.2) is 11.0 Å². The highest BCUT2D eigenvalue weighted by Crippen LogP contribution is 2.54. The van der Waals surface area contributed by atoms with E-state index in [2.05, 4.69) is 29.1 Å². The molecular weight excluding hydrogens is 276 g/mol. The molecule has 20 heavy (non-hydrogen) atoms. The highest BCUT2D eigenvalue weighted by Gasteiger charge is 2.49. The summed E-state index contributed by atoms with van der Waals surface area (Å²) in [5, 5.41) is 13.2. The van der Waals surface area contributed by atoms with E-state index >= 15 is 0 Å². The Kier molecular flexibility index (Phi) is 4.39. The predicted octanol–water partition coefficient (Wildman–Crippen LogP) is 2.56. The second-order valence-electron chi connectivity index (χ2n) is 6.24. The molecule has 0 aliphatic heterocycles. The van der Waals surface area contributed by atoms with E-state index in [1.54, 1.807) is 0 Å². The molecule has 1 fully saturated rings. The summed E-state index contributed by atoms with van der Waals surface area (Å²) in [6.07, 6.45) is 3.27. The van der Waals surface area contributed by atoms with E-state index in [1.807, 2.05) is 6.92 Å². The van der Waals surface area contributed by atoms with Crippen LogP contribution in [0.15, 0.2) is 6.33 Å². The number of nitrogens with zero attached hydrogens (tertiary/aromatic N) is 2. The molecule has 0 spiro atoms. The summed E-state index contributed by atoms with van der Waals surface area (Å²) in [7, 11) is 0. The summed E-state index contributed by atoms with van der Waals surface area (Å²) in [6, 6.07) is 0. The van der Waals surface area contributed by atoms with E-state index in [-0.39, 0.29) is 16.7 Å². The molecule has 1 aliphatic rings. The third kappa shape index (κ3) is 2.83. The largest absolute Gasteiger partial charge is 0.393 e. The molecule has 0 aromatic carbocycles. The Morgan fingerprint density at radius 1 is 1.55 bits per heavy atom. The molecule has 1 aromatic heterocycles. The maximum atomic E-state index is 9.73. The highest BCUT2D eigenvalue weighted by atomic mass is 35.5. The number of rotatable bonds is 5. The minimum Gasteiger partial charge on any atom is -0.393 e. The van der Waals surface area contributed by atoms with Gasteiger partial charge in [-0.3, -0.25) is 0 Å². The summed E-state index contributed by atoms with van der Waals surface area (Å²) in [6.45, 7) is 7.13. The Labute approximate surface area is 125 Å². The summed E-state index contributed by atoms with van der Waals surface area (Å²) in [5.41, 5.74) is 6.39. The van der Waals surface area contributed by atoms with Crippen LogP contribution >= 0.6 is 11.6 Å². The minimum absolute atomic E-state index is 0.185. The third-order valence-electron chi connectivity index (χ3n) is 4.75. The van der Waals surface area contributed by atoms with Crippen molar-refractivity contribution in [1.29, 1.82) is 0 Å². The van der Waals surface area contributed by atoms with E-state index in [1.165, 1.54) is 6.33 Å². The van der Waals surface area contributed by atoms with Crippen LogP contribution in [0.4, 0.5) is 11.5 Å². The number of anilines is 2. The molecule has 6 heteroatoms. The van der Waals surface area contributed by atoms with Crippen molar-refractivity contribution in [2.75, 3.05) is 17.6 Å². The summed E-state index contributed by atoms with van der Waals surface area (Å²) >= 11 is 5.85. The molecule has 0 bridgehead atoms. The fourth-order valence-electron chi connectivity index (χ4n) is 3.24. The number of hydrogen-bond acceptors (Lipinski definition) is 5. The maximum Gasteiger partial charge on any atom is 0.157 e. The highest BCUT2D eigenvalue weighted by molar-refractivity contribution is 6.32. The number of aliphatic hydroxyl groups is 1. The Morgan fingerprint density at radius 3 is 2.85 bits per heavy atom. The molecule has 112 valence electrons. The number of nitrogens with two attached hydrogens (primary N) is 1. The Hall–Kier alpha value is -1.07. The monoisotopic (exact) mass is 298 g/mol. The van der Waals surface area contributed by atoms with Crippen molar-refractivity contribution >= 4 is 23.1 Å². The summed E-state index contributed by atoms with van der Waals surface area (Å²) in [4.78, 5) is 7.91. The van der Waals surface area contributed by atoms with E-state index in [0.717, 1.165) is 19.4 Å². The second-order valence-corrected chi connectivity index (χ2v) is 6.60. The van der Waals surface area contributed by atoms with Gasteiger partial charge in [-0.2, -0.15) is 0 Å². The van der Waals surface area contributed by atoms with Crippen LogP contribution in [0.1, 0.15) is 33.6 Å². The number of nitrogen functional groups attached to an aromatic ring is 1. The van der Waals surface area contributed by atoms with Gasteiger partial charge in [0.1, 0.15) is 12.0 Å². The van der Waals surface area contributed by atoms with E-state index in [9.17, 15) is 5.11 Å². The lowest BCUT2D eigenvalue weighted by Crippen LogP contribution is -2.50. The van der Waals surface area contributed by atoms with Gasteiger partial charge in [0, 0.05) is 6.54 Å². The first-order chi connectivity index (χ1) is 9.34. The molecule has 2 rings (SSSR count). The van der Waals surface area contributed by atoms with Gasteiger partial charge in [-0.15, -0.1) is 0 Å². The van der Waals surface area contributed by atoms with Crippen LogP contribution in [0.25, 0.3) is 0 Å². The molecular formula is C14H23ClN4O. The van der Waals surface area contributed by atoms with Gasteiger partial charge in [0.25, 0.3) is 0 Å². The quantitative estimate of drug-likeness (QED) is 0.728. The van der Waals surface area contributed by atoms with Crippen LogP contribution in [-0.4, -0.2) is 27.7 Å². The average molecular weight is 299 g/mol. The third-order valence-corrected chi connectivity index (χ3v) is 5.05. The molecule has 1 aliphatic carbocycles. The lowest BCUT2D eigenvalue weighted by atomic mass is 9.52. The Bertz CT molecular complexity index is 478. The number of nitrogens with one attached hydrogen (secondary N) is 1. The molecule has 4 N–H and O–H groups in total. The first-order valence-corrected chi connectivity index (χ1v) is 7.39. The van der Waals surface area contributed by atoms with Crippen molar-refractivity contribution in [2.45, 2.75) is 39.7 Å². The normalized spacial score (nSPS) is 25.9. The van der Waals surface area contributed by atoms with Gasteiger partial charge in [-0.1, -0.05) is 25.4 Å². The summed E-state index contributed by atoms with van der Waals surface area (Å²) < 4.78 is 0. The molecule has 0 unspecified atom stereocenters. The maximum absolute atomic E-state index is 9.73. The van der Waals surface area contributed by atoms with Gasteiger partial charge >= 0.3 is 0 Å². The van der Waals surface area contributed by atoms with Crippen molar-refractivity contribution in [2.24, 2.45) is 17.3 Å². The van der Waals surface area contributed by atoms with Crippen LogP contribution in [0.2, 0.25) is 5.15 Å². The zero-order chi connectivity index (χ0) is 14.9. The van der Waals surface area contributed by atoms with Crippen LogP contribution < -0.4 is 11.1 Å². The first-order valence-electron chi connectivity index (χ1n) is 7.02. The number of aliphatic hydroxyl groups excluding tert-OH is 1. The SMILES string of the molecule is C[C@H](O)[C@@H]1C[C@H](CCNc2ncnc(Cl)c2N)C1(C)C. The van der Waals surface area contributed by atoms with Crippen LogP contribution in [-0.2, 0) is 0 Å². The number of hydrogen-bond donors (Lipinski definition) is 3. The number of halogens is 1. The molecule has 1 saturated carbocycles. The standard InChI is InChI=1S/C14H23ClN4O/c1-8(20)10-6-9(14(10,2)3)4-5-17-13-11(16)12(15)18-7-19-13/h7-10,20H,4-6,16H2,1-3H3,(H,17,18,19)/t8-,9-,10-/m0/s1. The molecule has 0 radical (unpaired) electrons. The van der Waals surface area contributed by atoms with Crippen LogP contribution in [0.3, 0.4) is 0 Å². The van der Waals surface area contributed by atoms with Crippen molar-refractivity contribution in [3.8, 4) is 0 Å². The second kappa shape index (κ2) is 5.74. The zero-order valence-corrected chi connectivity index (χ0v) is 13.0. The van der Waals surface area contributed by atoms with Crippen molar-refractivity contribution in [3.63, 3.8) is 0 Å². The molecule has 0 saturated heterocycles. The van der Waals surface area contributed by atoms with E-state index < -0.39 is 0 Å². The Morgan fingerprint density at radius 2 is 2.25 bits per heavy atom. The van der Waals surface area contributed by atoms with Gasteiger partial charge < -0.3 is 16.2 Å². The molecule has 5 nitrogen and oxygen atoms in total. The first kappa shape index (κ1) is 15.3. The topological polar surface area (TPSA) is 84.1 Å². The van der Waals surface area contributed by atoms with Gasteiger partial charge in [-0.25, -0.2) is 9.97 Å². The van der Waals surface area contributed by atoms with Gasteiger partial charge in [-0.05, 0) is 37.0 Å². The van der Waals surface area contributed by atoms with Crippen molar-refractivity contribution in [3.05, 3.63) is 11.5 Å². The fourth-order valence-corrected chi connectivity index (χ4v) is 3.38. The molecule has 3 atom stereocenters. The van der Waals surface area contributed by atoms with Crippen LogP contribution in [0, 0.1) is 17.3 Å². The average Bonchev–Trinajstić information content (AvgIpc) is 2.37. The lowest BCUT2D eigenvalue weighted by Gasteiger charge is -2.54. The minimum atomic E-state index is -0.231. The molecule has 1 aromatic rings. The fraction of sp³-hybridized carbons (Fsp3) is 0.714. The van der Waals surface area contributed by atoms with Crippen LogP contribution in [0.5, 0.6) is 0 Å².